The van der Waals surface area contributed by atoms with E-state index in [2.05, 4.69) is 42.6 Å². The minimum absolute atomic E-state index is 0.109. The smallest absolute Gasteiger partial charge is 0.292 e. The lowest BCUT2D eigenvalue weighted by Gasteiger charge is -2.33. The van der Waals surface area contributed by atoms with Crippen molar-refractivity contribution < 1.29 is 18.7 Å². The summed E-state index contributed by atoms with van der Waals surface area (Å²) in [6, 6.07) is 2.87. The van der Waals surface area contributed by atoms with E-state index in [0.29, 0.717) is 17.1 Å². The third-order valence-electron chi connectivity index (χ3n) is 2.58. The van der Waals surface area contributed by atoms with Crippen LogP contribution < -0.4 is 4.74 Å². The highest BCUT2D eigenvalue weighted by atomic mass is 32.1. The maximum atomic E-state index is 13.1. The zero-order valence-electron chi connectivity index (χ0n) is 10.2. The van der Waals surface area contributed by atoms with Gasteiger partial charge in [-0.15, -0.1) is 25.3 Å². The van der Waals surface area contributed by atoms with Crippen molar-refractivity contribution in [2.75, 3.05) is 7.11 Å². The Labute approximate surface area is 128 Å². The van der Waals surface area contributed by atoms with Gasteiger partial charge < -0.3 is 9.47 Å². The number of hydrogen-bond acceptors (Lipinski definition) is 6. The van der Waals surface area contributed by atoms with Crippen molar-refractivity contribution in [2.45, 2.75) is 34.0 Å². The van der Waals surface area contributed by atoms with Gasteiger partial charge in [0.25, 0.3) is 6.47 Å². The molecule has 1 fully saturated rings. The van der Waals surface area contributed by atoms with E-state index in [4.69, 9.17) is 9.53 Å². The molecule has 2 atom stereocenters. The Kier molecular flexibility index (Phi) is 6.88. The molecule has 0 bridgehead atoms. The molecule has 0 aromatic heterocycles. The van der Waals surface area contributed by atoms with Crippen molar-refractivity contribution in [1.82, 2.24) is 0 Å². The Morgan fingerprint density at radius 2 is 1.95 bits per heavy atom. The van der Waals surface area contributed by atoms with Crippen LogP contribution in [0.25, 0.3) is 0 Å². The van der Waals surface area contributed by atoms with Gasteiger partial charge in [-0.1, -0.05) is 0 Å². The summed E-state index contributed by atoms with van der Waals surface area (Å²) in [5.41, 5.74) is 0. The molecule has 1 saturated carbocycles. The molecule has 1 aliphatic rings. The highest BCUT2D eigenvalue weighted by molar-refractivity contribution is 7.81. The molecule has 1 aromatic rings. The molecule has 3 nitrogen and oxygen atoms in total. The second-order valence-corrected chi connectivity index (χ2v) is 5.53. The van der Waals surface area contributed by atoms with E-state index in [9.17, 15) is 4.39 Å². The van der Waals surface area contributed by atoms with Crippen LogP contribution in [0.5, 0.6) is 5.75 Å². The van der Waals surface area contributed by atoms with Crippen molar-refractivity contribution in [3.8, 4) is 5.75 Å². The lowest BCUT2D eigenvalue weighted by Crippen LogP contribution is -2.37. The topological polar surface area (TPSA) is 35.5 Å². The zero-order chi connectivity index (χ0) is 14.4. The highest BCUT2D eigenvalue weighted by Crippen LogP contribution is 2.34. The van der Waals surface area contributed by atoms with Gasteiger partial charge in [0.15, 0.2) is 0 Å². The number of benzene rings is 1. The monoisotopic (exact) mass is 322 g/mol. The summed E-state index contributed by atoms with van der Waals surface area (Å²) in [4.78, 5) is 9.73. The van der Waals surface area contributed by atoms with Gasteiger partial charge >= 0.3 is 0 Å². The number of ether oxygens (including phenoxy) is 2. The van der Waals surface area contributed by atoms with Gasteiger partial charge in [0.1, 0.15) is 17.7 Å². The molecule has 0 spiro atoms. The molecule has 0 amide bonds. The van der Waals surface area contributed by atoms with E-state index in [0.717, 1.165) is 12.8 Å². The minimum atomic E-state index is -0.383. The molecule has 1 aromatic carbocycles. The summed E-state index contributed by atoms with van der Waals surface area (Å²) in [6.07, 6.45) is 2.16. The zero-order valence-corrected chi connectivity index (χ0v) is 12.9. The third kappa shape index (κ3) is 4.81. The predicted molar refractivity (Wildman–Crippen MR) is 80.4 cm³/mol. The standard InChI is InChI=1S/C10H11FOS3.C2H4O2/c11-5-3-10(15)7(4-9(5)14)12-6-1-2-8(6)13;1-4-2-3/h3-4,6,8,13-15H,1-2H2;2H,1H3. The van der Waals surface area contributed by atoms with Crippen molar-refractivity contribution in [2.24, 2.45) is 0 Å². The fourth-order valence-corrected chi connectivity index (χ4v) is 2.15. The van der Waals surface area contributed by atoms with Crippen LogP contribution in [0.1, 0.15) is 12.8 Å². The molecule has 2 unspecified atom stereocenters. The van der Waals surface area contributed by atoms with Crippen LogP contribution in [0.15, 0.2) is 21.9 Å². The van der Waals surface area contributed by atoms with E-state index < -0.39 is 0 Å². The first-order chi connectivity index (χ1) is 8.99. The van der Waals surface area contributed by atoms with Gasteiger partial charge in [0, 0.05) is 15.0 Å². The fourth-order valence-electron chi connectivity index (χ4n) is 1.38. The van der Waals surface area contributed by atoms with Crippen molar-refractivity contribution >= 4 is 44.4 Å². The van der Waals surface area contributed by atoms with E-state index in [1.165, 1.54) is 13.2 Å². The lowest BCUT2D eigenvalue weighted by atomic mass is 9.95. The molecule has 19 heavy (non-hydrogen) atoms. The Hall–Kier alpha value is -0.530. The Balaban J connectivity index is 0.000000399. The number of methoxy groups -OCH3 is 1. The fraction of sp³-hybridized carbons (Fsp3) is 0.417. The summed E-state index contributed by atoms with van der Waals surface area (Å²) in [5, 5.41) is 0.270. The van der Waals surface area contributed by atoms with Crippen LogP contribution in [-0.4, -0.2) is 24.9 Å². The molecule has 0 N–H and O–H groups in total. The molecule has 0 radical (unpaired) electrons. The average molecular weight is 322 g/mol. The highest BCUT2D eigenvalue weighted by Gasteiger charge is 2.30. The van der Waals surface area contributed by atoms with Gasteiger partial charge in [-0.25, -0.2) is 4.39 Å². The first-order valence-corrected chi connectivity index (χ1v) is 6.93. The minimum Gasteiger partial charge on any atom is -0.488 e. The van der Waals surface area contributed by atoms with Gasteiger partial charge in [-0.05, 0) is 25.0 Å². The molecule has 1 aliphatic carbocycles. The van der Waals surface area contributed by atoms with E-state index in [-0.39, 0.29) is 22.1 Å². The molecular weight excluding hydrogens is 307 g/mol. The van der Waals surface area contributed by atoms with Gasteiger partial charge in [0.05, 0.1) is 7.11 Å². The maximum absolute atomic E-state index is 13.1. The van der Waals surface area contributed by atoms with Crippen LogP contribution in [0.2, 0.25) is 0 Å². The average Bonchev–Trinajstić information content (AvgIpc) is 2.39. The molecule has 0 heterocycles. The third-order valence-corrected chi connectivity index (χ3v) is 3.86. The summed E-state index contributed by atoms with van der Waals surface area (Å²) < 4.78 is 22.6. The Morgan fingerprint density at radius 1 is 1.32 bits per heavy atom. The summed E-state index contributed by atoms with van der Waals surface area (Å²) in [5.74, 6) is 0.195. The summed E-state index contributed by atoms with van der Waals surface area (Å²) >= 11 is 12.5. The lowest BCUT2D eigenvalue weighted by molar-refractivity contribution is -0.126. The van der Waals surface area contributed by atoms with E-state index >= 15 is 0 Å². The number of hydrogen-bond donors (Lipinski definition) is 3. The molecule has 0 aliphatic heterocycles. The molecule has 106 valence electrons. The Bertz CT molecular complexity index is 442. The van der Waals surface area contributed by atoms with E-state index in [1.807, 2.05) is 0 Å². The Morgan fingerprint density at radius 3 is 2.37 bits per heavy atom. The molecule has 2 rings (SSSR count). The van der Waals surface area contributed by atoms with Crippen LogP contribution >= 0.6 is 37.9 Å². The van der Waals surface area contributed by atoms with Crippen LogP contribution in [0.4, 0.5) is 4.39 Å². The SMILES string of the molecule is COC=O.Fc1cc(S)c(OC2CCC2S)cc1S. The number of carbonyl (C=O) groups excluding carboxylic acids is 1. The molecule has 0 saturated heterocycles. The maximum Gasteiger partial charge on any atom is 0.292 e. The quantitative estimate of drug-likeness (QED) is 0.591. The normalized spacial score (nSPS) is 20.7. The van der Waals surface area contributed by atoms with Gasteiger partial charge in [-0.3, -0.25) is 4.79 Å². The van der Waals surface area contributed by atoms with Gasteiger partial charge in [-0.2, -0.15) is 12.6 Å². The second kappa shape index (κ2) is 7.91. The second-order valence-electron chi connectivity index (χ2n) is 3.90. The van der Waals surface area contributed by atoms with Crippen molar-refractivity contribution in [3.05, 3.63) is 17.9 Å². The van der Waals surface area contributed by atoms with E-state index in [1.54, 1.807) is 6.07 Å². The van der Waals surface area contributed by atoms with Crippen molar-refractivity contribution in [1.29, 1.82) is 0 Å². The van der Waals surface area contributed by atoms with Crippen LogP contribution in [0.3, 0.4) is 0 Å². The van der Waals surface area contributed by atoms with Crippen molar-refractivity contribution in [3.63, 3.8) is 0 Å². The number of carbonyl (C=O) groups is 1. The first-order valence-electron chi connectivity index (χ1n) is 5.52. The summed E-state index contributed by atoms with van der Waals surface area (Å²) in [7, 11) is 1.31. The number of rotatable bonds is 3. The number of halogens is 1. The molecular formula is C12H15FO3S3. The summed E-state index contributed by atoms with van der Waals surface area (Å²) in [6.45, 7) is 0.375. The van der Waals surface area contributed by atoms with Crippen LogP contribution in [-0.2, 0) is 9.53 Å². The van der Waals surface area contributed by atoms with Crippen LogP contribution in [0, 0.1) is 5.82 Å². The van der Waals surface area contributed by atoms with Gasteiger partial charge in [0.2, 0.25) is 0 Å². The largest absolute Gasteiger partial charge is 0.488 e. The number of thiol groups is 3. The molecule has 7 heteroatoms. The first kappa shape index (κ1) is 16.5. The predicted octanol–water partition coefficient (Wildman–Crippen LogP) is 3.03.